The van der Waals surface area contributed by atoms with E-state index in [-0.39, 0.29) is 17.7 Å². The van der Waals surface area contributed by atoms with Gasteiger partial charge < -0.3 is 4.74 Å². The summed E-state index contributed by atoms with van der Waals surface area (Å²) in [5.74, 6) is 0. The quantitative estimate of drug-likeness (QED) is 0.937. The Kier molecular flexibility index (Phi) is 4.74. The van der Waals surface area contributed by atoms with Gasteiger partial charge in [0.25, 0.3) is 0 Å². The number of anilines is 1. The van der Waals surface area contributed by atoms with Crippen molar-refractivity contribution in [2.75, 3.05) is 5.32 Å². The van der Waals surface area contributed by atoms with Crippen LogP contribution in [0.15, 0.2) is 42.5 Å². The first kappa shape index (κ1) is 15.1. The molecule has 5 heteroatoms. The molecular formula is C17H13N3O2. The molecular weight excluding hydrogens is 278 g/mol. The van der Waals surface area contributed by atoms with E-state index >= 15 is 0 Å². The summed E-state index contributed by atoms with van der Waals surface area (Å²) in [6, 6.07) is 16.3. The van der Waals surface area contributed by atoms with Crippen LogP contribution in [0, 0.1) is 29.6 Å². The predicted octanol–water partition coefficient (Wildman–Crippen LogP) is 3.49. The van der Waals surface area contributed by atoms with Crippen LogP contribution in [0.4, 0.5) is 10.5 Å². The van der Waals surface area contributed by atoms with Gasteiger partial charge in [-0.25, -0.2) is 4.79 Å². The van der Waals surface area contributed by atoms with Gasteiger partial charge in [-0.15, -0.1) is 0 Å². The highest BCUT2D eigenvalue weighted by atomic mass is 16.5. The molecule has 108 valence electrons. The van der Waals surface area contributed by atoms with Crippen molar-refractivity contribution in [3.63, 3.8) is 0 Å². The maximum atomic E-state index is 11.8. The molecule has 0 bridgehead atoms. The molecule has 0 heterocycles. The van der Waals surface area contributed by atoms with Crippen LogP contribution in [0.1, 0.15) is 22.3 Å². The minimum Gasteiger partial charge on any atom is -0.444 e. The number of hydrogen-bond acceptors (Lipinski definition) is 4. The number of amides is 1. The molecule has 0 spiro atoms. The van der Waals surface area contributed by atoms with Gasteiger partial charge in [0.15, 0.2) is 0 Å². The maximum absolute atomic E-state index is 11.8. The van der Waals surface area contributed by atoms with Gasteiger partial charge in [0, 0.05) is 5.69 Å². The molecule has 0 aromatic heterocycles. The minimum absolute atomic E-state index is 0.160. The molecule has 1 amide bonds. The van der Waals surface area contributed by atoms with Crippen molar-refractivity contribution in [1.29, 1.82) is 10.5 Å². The van der Waals surface area contributed by atoms with Gasteiger partial charge in [-0.1, -0.05) is 30.3 Å². The van der Waals surface area contributed by atoms with E-state index in [1.807, 2.05) is 42.5 Å². The van der Waals surface area contributed by atoms with Crippen LogP contribution in [-0.2, 0) is 11.3 Å². The van der Waals surface area contributed by atoms with Crippen LogP contribution < -0.4 is 5.32 Å². The van der Waals surface area contributed by atoms with Crippen molar-refractivity contribution in [3.8, 4) is 12.1 Å². The summed E-state index contributed by atoms with van der Waals surface area (Å²) in [6.07, 6.45) is -0.611. The number of benzene rings is 2. The number of nitriles is 2. The standard InChI is InChI=1S/C17H13N3O2/c1-12-15(10-19)14(9-18)7-8-16(12)20-17(21)22-11-13-5-3-2-4-6-13/h2-8H,11H2,1H3,(H,20,21). The van der Waals surface area contributed by atoms with Gasteiger partial charge in [0.05, 0.1) is 11.1 Å². The van der Waals surface area contributed by atoms with E-state index < -0.39 is 6.09 Å². The summed E-state index contributed by atoms with van der Waals surface area (Å²) in [7, 11) is 0. The zero-order chi connectivity index (χ0) is 15.9. The van der Waals surface area contributed by atoms with Crippen LogP contribution >= 0.6 is 0 Å². The first-order valence-electron chi connectivity index (χ1n) is 6.57. The zero-order valence-corrected chi connectivity index (χ0v) is 12.0. The van der Waals surface area contributed by atoms with Crippen molar-refractivity contribution >= 4 is 11.8 Å². The van der Waals surface area contributed by atoms with Gasteiger partial charge in [0.2, 0.25) is 0 Å². The number of ether oxygens (including phenoxy) is 1. The van der Waals surface area contributed by atoms with Crippen LogP contribution in [-0.4, -0.2) is 6.09 Å². The Morgan fingerprint density at radius 2 is 1.86 bits per heavy atom. The average molecular weight is 291 g/mol. The first-order chi connectivity index (χ1) is 10.7. The van der Waals surface area contributed by atoms with Crippen LogP contribution in [0.3, 0.4) is 0 Å². The second-order valence-corrected chi connectivity index (χ2v) is 4.57. The summed E-state index contributed by atoms with van der Waals surface area (Å²) in [4.78, 5) is 11.8. The number of hydrogen-bond donors (Lipinski definition) is 1. The predicted molar refractivity (Wildman–Crippen MR) is 80.9 cm³/mol. The molecule has 0 saturated carbocycles. The Labute approximate surface area is 128 Å². The molecule has 0 radical (unpaired) electrons. The molecule has 0 saturated heterocycles. The fraction of sp³-hybridized carbons (Fsp3) is 0.118. The molecule has 0 atom stereocenters. The van der Waals surface area contributed by atoms with Crippen LogP contribution in [0.25, 0.3) is 0 Å². The first-order valence-corrected chi connectivity index (χ1v) is 6.57. The highest BCUT2D eigenvalue weighted by Crippen LogP contribution is 2.22. The van der Waals surface area contributed by atoms with E-state index in [0.717, 1.165) is 5.56 Å². The maximum Gasteiger partial charge on any atom is 0.411 e. The third-order valence-electron chi connectivity index (χ3n) is 3.15. The van der Waals surface area contributed by atoms with Crippen molar-refractivity contribution in [2.24, 2.45) is 0 Å². The summed E-state index contributed by atoms with van der Waals surface area (Å²) in [5, 5.41) is 20.6. The molecule has 0 aliphatic heterocycles. The molecule has 1 N–H and O–H groups in total. The summed E-state index contributed by atoms with van der Waals surface area (Å²) < 4.78 is 5.12. The van der Waals surface area contributed by atoms with Gasteiger partial charge in [0.1, 0.15) is 18.7 Å². The number of carbonyl (C=O) groups excluding carboxylic acids is 1. The molecule has 2 rings (SSSR count). The lowest BCUT2D eigenvalue weighted by Crippen LogP contribution is -2.14. The minimum atomic E-state index is -0.611. The van der Waals surface area contributed by atoms with E-state index in [1.165, 1.54) is 6.07 Å². The number of nitrogens with zero attached hydrogens (tertiary/aromatic N) is 2. The lowest BCUT2D eigenvalue weighted by molar-refractivity contribution is 0.155. The topological polar surface area (TPSA) is 85.9 Å². The molecule has 2 aromatic rings. The van der Waals surface area contributed by atoms with E-state index in [0.29, 0.717) is 11.3 Å². The van der Waals surface area contributed by atoms with Crippen LogP contribution in [0.5, 0.6) is 0 Å². The lowest BCUT2D eigenvalue weighted by Gasteiger charge is -2.11. The second-order valence-electron chi connectivity index (χ2n) is 4.57. The van der Waals surface area contributed by atoms with Gasteiger partial charge >= 0.3 is 6.09 Å². The van der Waals surface area contributed by atoms with E-state index in [2.05, 4.69) is 5.32 Å². The van der Waals surface area contributed by atoms with Gasteiger partial charge in [-0.2, -0.15) is 10.5 Å². The average Bonchev–Trinajstić information content (AvgIpc) is 2.55. The largest absolute Gasteiger partial charge is 0.444 e. The van der Waals surface area contributed by atoms with Crippen molar-refractivity contribution in [2.45, 2.75) is 13.5 Å². The Morgan fingerprint density at radius 1 is 1.14 bits per heavy atom. The molecule has 22 heavy (non-hydrogen) atoms. The number of nitrogens with one attached hydrogen (secondary N) is 1. The zero-order valence-electron chi connectivity index (χ0n) is 12.0. The Balaban J connectivity index is 2.07. The highest BCUT2D eigenvalue weighted by Gasteiger charge is 2.12. The summed E-state index contributed by atoms with van der Waals surface area (Å²) in [6.45, 7) is 1.83. The van der Waals surface area contributed by atoms with Crippen molar-refractivity contribution < 1.29 is 9.53 Å². The molecule has 2 aromatic carbocycles. The SMILES string of the molecule is Cc1c(NC(=O)OCc2ccccc2)ccc(C#N)c1C#N. The van der Waals surface area contributed by atoms with Gasteiger partial charge in [-0.05, 0) is 30.2 Å². The summed E-state index contributed by atoms with van der Waals surface area (Å²) >= 11 is 0. The second kappa shape index (κ2) is 6.92. The Morgan fingerprint density at radius 3 is 2.50 bits per heavy atom. The smallest absolute Gasteiger partial charge is 0.411 e. The normalized spacial score (nSPS) is 9.41. The Bertz CT molecular complexity index is 771. The third kappa shape index (κ3) is 3.41. The van der Waals surface area contributed by atoms with Gasteiger partial charge in [-0.3, -0.25) is 5.32 Å². The number of carbonyl (C=O) groups is 1. The highest BCUT2D eigenvalue weighted by molar-refractivity contribution is 5.86. The third-order valence-corrected chi connectivity index (χ3v) is 3.15. The van der Waals surface area contributed by atoms with Crippen LogP contribution in [0.2, 0.25) is 0 Å². The molecule has 0 aliphatic carbocycles. The monoisotopic (exact) mass is 291 g/mol. The lowest BCUT2D eigenvalue weighted by atomic mass is 10.0. The molecule has 0 fully saturated rings. The molecule has 5 nitrogen and oxygen atoms in total. The molecule has 0 unspecified atom stereocenters. The fourth-order valence-electron chi connectivity index (χ4n) is 1.95. The van der Waals surface area contributed by atoms with Crippen molar-refractivity contribution in [1.82, 2.24) is 0 Å². The van der Waals surface area contributed by atoms with E-state index in [1.54, 1.807) is 13.0 Å². The molecule has 0 aliphatic rings. The number of rotatable bonds is 3. The fourth-order valence-corrected chi connectivity index (χ4v) is 1.95. The van der Waals surface area contributed by atoms with E-state index in [9.17, 15) is 4.79 Å². The summed E-state index contributed by atoms with van der Waals surface area (Å²) in [5.41, 5.74) is 2.41. The van der Waals surface area contributed by atoms with E-state index in [4.69, 9.17) is 15.3 Å². The Hall–Kier alpha value is -3.31. The van der Waals surface area contributed by atoms with Crippen molar-refractivity contribution in [3.05, 3.63) is 64.7 Å².